The lowest BCUT2D eigenvalue weighted by Crippen LogP contribution is -2.14. The van der Waals surface area contributed by atoms with Gasteiger partial charge in [0.2, 0.25) is 0 Å². The SMILES string of the molecule is C1=CC2=C(C=CCC2c2ccc(-c3cccc(N(c4ccccc4-c4ccc5sc6ccccc6c5c4)c4ccccc4-n4c5ccccc5c5ccccc54)c3)cc2)CC1. The Balaban J connectivity index is 1.04. The first-order valence-electron chi connectivity index (χ1n) is 21.4. The smallest absolute Gasteiger partial charge is 0.0702 e. The van der Waals surface area contributed by atoms with E-state index >= 15 is 0 Å². The number of para-hydroxylation sites is 5. The number of aromatic nitrogens is 1. The fourth-order valence-electron chi connectivity index (χ4n) is 9.98. The number of hydrogen-bond acceptors (Lipinski definition) is 2. The topological polar surface area (TPSA) is 8.17 Å². The van der Waals surface area contributed by atoms with E-state index in [0.717, 1.165) is 42.0 Å². The molecule has 0 fully saturated rings. The lowest BCUT2D eigenvalue weighted by Gasteiger charge is -2.30. The highest BCUT2D eigenvalue weighted by atomic mass is 32.1. The Morgan fingerprint density at radius 2 is 1.18 bits per heavy atom. The van der Waals surface area contributed by atoms with E-state index in [1.807, 2.05) is 11.3 Å². The Hall–Kier alpha value is -7.20. The van der Waals surface area contributed by atoms with E-state index in [1.54, 1.807) is 0 Å². The maximum absolute atomic E-state index is 2.49. The summed E-state index contributed by atoms with van der Waals surface area (Å²) in [6.07, 6.45) is 12.8. The number of thiophene rings is 1. The number of rotatable bonds is 7. The van der Waals surface area contributed by atoms with Crippen molar-refractivity contribution in [1.82, 2.24) is 4.57 Å². The van der Waals surface area contributed by atoms with E-state index < -0.39 is 0 Å². The summed E-state index contributed by atoms with van der Waals surface area (Å²) in [5, 5.41) is 5.10. The molecule has 290 valence electrons. The highest BCUT2D eigenvalue weighted by molar-refractivity contribution is 7.25. The molecule has 3 heteroatoms. The monoisotopic (exact) mass is 798 g/mol. The minimum Gasteiger partial charge on any atom is -0.308 e. The van der Waals surface area contributed by atoms with Crippen LogP contribution in [0.25, 0.3) is 69.9 Å². The van der Waals surface area contributed by atoms with Gasteiger partial charge in [0.15, 0.2) is 0 Å². The van der Waals surface area contributed by atoms with Gasteiger partial charge < -0.3 is 9.47 Å². The van der Waals surface area contributed by atoms with Crippen molar-refractivity contribution >= 4 is 70.4 Å². The molecule has 2 nitrogen and oxygen atoms in total. The maximum Gasteiger partial charge on any atom is 0.0702 e. The summed E-state index contributed by atoms with van der Waals surface area (Å²) in [6.45, 7) is 0. The molecule has 8 aromatic carbocycles. The maximum atomic E-state index is 2.49. The summed E-state index contributed by atoms with van der Waals surface area (Å²) in [5.74, 6) is 0.410. The number of anilines is 3. The largest absolute Gasteiger partial charge is 0.308 e. The molecule has 12 rings (SSSR count). The molecule has 2 heterocycles. The predicted octanol–water partition coefficient (Wildman–Crippen LogP) is 16.6. The van der Waals surface area contributed by atoms with E-state index in [1.165, 1.54) is 80.9 Å². The Labute approximate surface area is 360 Å². The number of fused-ring (bicyclic) bond motifs is 6. The van der Waals surface area contributed by atoms with Crippen molar-refractivity contribution in [3.05, 3.63) is 229 Å². The third-order valence-electron chi connectivity index (χ3n) is 12.8. The van der Waals surface area contributed by atoms with Crippen molar-refractivity contribution < 1.29 is 0 Å². The highest BCUT2D eigenvalue weighted by Crippen LogP contribution is 2.47. The van der Waals surface area contributed by atoms with Crippen molar-refractivity contribution in [3.8, 4) is 27.9 Å². The van der Waals surface area contributed by atoms with E-state index in [9.17, 15) is 0 Å². The van der Waals surface area contributed by atoms with Gasteiger partial charge >= 0.3 is 0 Å². The van der Waals surface area contributed by atoms with Gasteiger partial charge in [0.25, 0.3) is 0 Å². The quantitative estimate of drug-likeness (QED) is 0.156. The fraction of sp³-hybridized carbons (Fsp3) is 0.0690. The van der Waals surface area contributed by atoms with Crippen LogP contribution in [0.1, 0.15) is 30.7 Å². The molecule has 2 aliphatic carbocycles. The van der Waals surface area contributed by atoms with Gasteiger partial charge in [-0.05, 0) is 113 Å². The van der Waals surface area contributed by atoms with Gasteiger partial charge in [-0.25, -0.2) is 0 Å². The lowest BCUT2D eigenvalue weighted by molar-refractivity contribution is 0.777. The van der Waals surface area contributed by atoms with Crippen molar-refractivity contribution in [2.24, 2.45) is 0 Å². The zero-order valence-corrected chi connectivity index (χ0v) is 34.5. The Kier molecular flexibility index (Phi) is 8.67. The molecule has 0 amide bonds. The van der Waals surface area contributed by atoms with Crippen molar-refractivity contribution in [1.29, 1.82) is 0 Å². The standard InChI is InChI=1S/C58H42N2S/c1-2-19-45-40(15-1)16-14-24-46(45)41-33-31-39(32-34-41)42-17-13-18-44(37-42)59(52-25-7-3-20-47(52)43-35-36-58-51(38-43)50-23-6-12-30-57(50)61-58)55-28-10-11-29-56(55)60-53-26-8-4-21-48(53)49-22-5-9-27-54(49)60/h2-14,16-23,25-38,46H,1,15,24H2. The summed E-state index contributed by atoms with van der Waals surface area (Å²) in [6, 6.07) is 69.7. The normalized spacial score (nSPS) is 15.0. The van der Waals surface area contributed by atoms with Gasteiger partial charge in [0.1, 0.15) is 0 Å². The summed E-state index contributed by atoms with van der Waals surface area (Å²) < 4.78 is 5.07. The first kappa shape index (κ1) is 35.7. The van der Waals surface area contributed by atoms with Crippen LogP contribution in [0, 0.1) is 0 Å². The second-order valence-electron chi connectivity index (χ2n) is 16.3. The molecule has 10 aromatic rings. The van der Waals surface area contributed by atoms with Gasteiger partial charge in [-0.15, -0.1) is 11.3 Å². The van der Waals surface area contributed by atoms with E-state index in [0.29, 0.717) is 5.92 Å². The van der Waals surface area contributed by atoms with Crippen molar-refractivity contribution in [2.45, 2.75) is 25.2 Å². The molecular formula is C58H42N2S. The Bertz CT molecular complexity index is 3360. The summed E-state index contributed by atoms with van der Waals surface area (Å²) >= 11 is 1.86. The minimum absolute atomic E-state index is 0.410. The lowest BCUT2D eigenvalue weighted by atomic mass is 9.79. The fourth-order valence-corrected chi connectivity index (χ4v) is 11.1. The van der Waals surface area contributed by atoms with E-state index in [-0.39, 0.29) is 0 Å². The first-order chi connectivity index (χ1) is 30.3. The molecule has 1 atom stereocenters. The first-order valence-corrected chi connectivity index (χ1v) is 22.2. The molecule has 1 unspecified atom stereocenters. The summed E-state index contributed by atoms with van der Waals surface area (Å²) in [5.41, 5.74) is 16.0. The van der Waals surface area contributed by atoms with Gasteiger partial charge in [-0.1, -0.05) is 152 Å². The predicted molar refractivity (Wildman–Crippen MR) is 261 cm³/mol. The van der Waals surface area contributed by atoms with Gasteiger partial charge in [-0.2, -0.15) is 0 Å². The second-order valence-corrected chi connectivity index (χ2v) is 17.4. The number of hydrogen-bond donors (Lipinski definition) is 0. The molecule has 2 aliphatic rings. The average molecular weight is 799 g/mol. The molecular weight excluding hydrogens is 757 g/mol. The summed E-state index contributed by atoms with van der Waals surface area (Å²) in [7, 11) is 0. The molecule has 0 N–H and O–H groups in total. The molecule has 0 saturated carbocycles. The second kappa shape index (κ2) is 14.8. The average Bonchev–Trinajstić information content (AvgIpc) is 3.87. The molecule has 2 aromatic heterocycles. The Morgan fingerprint density at radius 3 is 2.02 bits per heavy atom. The van der Waals surface area contributed by atoms with Crippen LogP contribution in [0.4, 0.5) is 17.1 Å². The molecule has 61 heavy (non-hydrogen) atoms. The highest BCUT2D eigenvalue weighted by Gasteiger charge is 2.24. The zero-order valence-electron chi connectivity index (χ0n) is 33.7. The zero-order chi connectivity index (χ0) is 40.3. The van der Waals surface area contributed by atoms with Crippen LogP contribution in [0.3, 0.4) is 0 Å². The number of nitrogens with zero attached hydrogens (tertiary/aromatic N) is 2. The molecule has 0 saturated heterocycles. The van der Waals surface area contributed by atoms with Crippen LogP contribution >= 0.6 is 11.3 Å². The molecule has 0 radical (unpaired) electrons. The number of allylic oxidation sites excluding steroid dienone is 6. The van der Waals surface area contributed by atoms with Gasteiger partial charge in [0.05, 0.1) is 28.1 Å². The van der Waals surface area contributed by atoms with Crippen molar-refractivity contribution in [2.75, 3.05) is 4.90 Å². The van der Waals surface area contributed by atoms with Crippen molar-refractivity contribution in [3.63, 3.8) is 0 Å². The van der Waals surface area contributed by atoms with Crippen LogP contribution in [-0.4, -0.2) is 4.57 Å². The van der Waals surface area contributed by atoms with E-state index in [2.05, 4.69) is 222 Å². The van der Waals surface area contributed by atoms with Crippen LogP contribution in [-0.2, 0) is 0 Å². The molecule has 0 bridgehead atoms. The molecule has 0 spiro atoms. The molecule has 0 aliphatic heterocycles. The summed E-state index contributed by atoms with van der Waals surface area (Å²) in [4.78, 5) is 2.49. The number of benzene rings is 8. The minimum atomic E-state index is 0.410. The van der Waals surface area contributed by atoms with Crippen LogP contribution in [0.2, 0.25) is 0 Å². The van der Waals surface area contributed by atoms with Gasteiger partial charge in [-0.3, -0.25) is 0 Å². The van der Waals surface area contributed by atoms with Crippen LogP contribution in [0.5, 0.6) is 0 Å². The van der Waals surface area contributed by atoms with Gasteiger partial charge in [0, 0.05) is 48.1 Å². The third-order valence-corrected chi connectivity index (χ3v) is 14.0. The van der Waals surface area contributed by atoms with Crippen LogP contribution < -0.4 is 4.90 Å². The Morgan fingerprint density at radius 1 is 0.492 bits per heavy atom. The van der Waals surface area contributed by atoms with E-state index in [4.69, 9.17) is 0 Å². The van der Waals surface area contributed by atoms with Crippen LogP contribution in [0.15, 0.2) is 224 Å². The third kappa shape index (κ3) is 6.07.